The van der Waals surface area contributed by atoms with E-state index in [2.05, 4.69) is 0 Å². The van der Waals surface area contributed by atoms with Crippen LogP contribution in [0.3, 0.4) is 0 Å². The Labute approximate surface area is 112 Å². The summed E-state index contributed by atoms with van der Waals surface area (Å²) < 4.78 is 38.2. The van der Waals surface area contributed by atoms with Gasteiger partial charge >= 0.3 is 12.1 Å². The predicted molar refractivity (Wildman–Crippen MR) is 65.5 cm³/mol. The number of likely N-dealkylation sites (N-methyl/N-ethyl adjacent to an activating group) is 1. The molecule has 3 N–H and O–H groups in total. The third-order valence-electron chi connectivity index (χ3n) is 2.83. The third-order valence-corrected chi connectivity index (χ3v) is 2.83. The molecule has 0 saturated heterocycles. The van der Waals surface area contributed by atoms with Gasteiger partial charge in [-0.05, 0) is 19.1 Å². The Morgan fingerprint density at radius 3 is 2.20 bits per heavy atom. The first kappa shape index (κ1) is 16.0. The van der Waals surface area contributed by atoms with Gasteiger partial charge in [-0.15, -0.1) is 0 Å². The Balaban J connectivity index is 3.23. The first-order chi connectivity index (χ1) is 9.00. The molecule has 0 fully saturated rings. The second-order valence-electron chi connectivity index (χ2n) is 4.39. The van der Waals surface area contributed by atoms with Crippen molar-refractivity contribution in [3.8, 4) is 0 Å². The quantitative estimate of drug-likeness (QED) is 0.886. The van der Waals surface area contributed by atoms with Gasteiger partial charge in [0, 0.05) is 7.05 Å². The Bertz CT molecular complexity index is 541. The van der Waals surface area contributed by atoms with E-state index in [1.807, 2.05) is 0 Å². The van der Waals surface area contributed by atoms with E-state index in [4.69, 9.17) is 10.8 Å². The van der Waals surface area contributed by atoms with Gasteiger partial charge in [0.05, 0.1) is 11.3 Å². The lowest BCUT2D eigenvalue weighted by Crippen LogP contribution is -2.61. The van der Waals surface area contributed by atoms with Gasteiger partial charge in [0.1, 0.15) is 0 Å². The molecule has 0 aliphatic carbocycles. The van der Waals surface area contributed by atoms with E-state index < -0.39 is 23.6 Å². The number of alkyl halides is 3. The molecule has 1 aromatic rings. The van der Waals surface area contributed by atoms with Crippen LogP contribution in [0.5, 0.6) is 0 Å². The Hall–Kier alpha value is -2.09. The zero-order valence-corrected chi connectivity index (χ0v) is 10.7. The van der Waals surface area contributed by atoms with Crippen molar-refractivity contribution in [2.45, 2.75) is 18.6 Å². The maximum absolute atomic E-state index is 12.7. The molecule has 20 heavy (non-hydrogen) atoms. The van der Waals surface area contributed by atoms with Gasteiger partial charge in [-0.3, -0.25) is 4.79 Å². The number of rotatable bonds is 3. The van der Waals surface area contributed by atoms with Crippen molar-refractivity contribution in [1.29, 1.82) is 0 Å². The summed E-state index contributed by atoms with van der Waals surface area (Å²) in [5.41, 5.74) is 1.48. The molecule has 0 radical (unpaired) electrons. The number of carboxylic acids is 1. The standard InChI is InChI=1S/C12H13F3N2O3/c1-11(16,12(13,14)15)10(20)17(2)8-6-4-3-5-7(8)9(18)19/h3-6H,16H2,1-2H3,(H,18,19). The molecule has 5 nitrogen and oxygen atoms in total. The van der Waals surface area contributed by atoms with Crippen LogP contribution >= 0.6 is 0 Å². The lowest BCUT2D eigenvalue weighted by atomic mass is 10.0. The van der Waals surface area contributed by atoms with E-state index >= 15 is 0 Å². The number of hydrogen-bond donors (Lipinski definition) is 2. The van der Waals surface area contributed by atoms with Crippen LogP contribution in [0.25, 0.3) is 0 Å². The largest absolute Gasteiger partial charge is 0.478 e. The topological polar surface area (TPSA) is 83.6 Å². The van der Waals surface area contributed by atoms with Gasteiger partial charge in [-0.25, -0.2) is 4.79 Å². The van der Waals surface area contributed by atoms with E-state index in [0.717, 1.165) is 7.05 Å². The van der Waals surface area contributed by atoms with E-state index in [0.29, 0.717) is 11.8 Å². The molecule has 8 heteroatoms. The Kier molecular flexibility index (Phi) is 4.09. The average molecular weight is 290 g/mol. The molecule has 1 atom stereocenters. The highest BCUT2D eigenvalue weighted by atomic mass is 19.4. The number of anilines is 1. The van der Waals surface area contributed by atoms with Crippen molar-refractivity contribution in [3.05, 3.63) is 29.8 Å². The first-order valence-electron chi connectivity index (χ1n) is 5.46. The van der Waals surface area contributed by atoms with E-state index in [-0.39, 0.29) is 11.3 Å². The number of nitrogens with two attached hydrogens (primary N) is 1. The number of carbonyl (C=O) groups excluding carboxylic acids is 1. The normalized spacial score (nSPS) is 14.5. The fraction of sp³-hybridized carbons (Fsp3) is 0.333. The van der Waals surface area contributed by atoms with Crippen LogP contribution in [0.15, 0.2) is 24.3 Å². The lowest BCUT2D eigenvalue weighted by Gasteiger charge is -2.31. The SMILES string of the molecule is CN(C(=O)C(C)(N)C(F)(F)F)c1ccccc1C(=O)O. The summed E-state index contributed by atoms with van der Waals surface area (Å²) in [6.07, 6.45) is -4.95. The minimum atomic E-state index is -4.95. The summed E-state index contributed by atoms with van der Waals surface area (Å²) in [6, 6.07) is 5.22. The highest BCUT2D eigenvalue weighted by Crippen LogP contribution is 2.31. The number of hydrogen-bond acceptors (Lipinski definition) is 3. The second-order valence-corrected chi connectivity index (χ2v) is 4.39. The van der Waals surface area contributed by atoms with Gasteiger partial charge in [0.15, 0.2) is 5.54 Å². The highest BCUT2D eigenvalue weighted by molar-refractivity contribution is 6.05. The van der Waals surface area contributed by atoms with Crippen LogP contribution in [0.4, 0.5) is 18.9 Å². The minimum absolute atomic E-state index is 0.161. The zero-order valence-electron chi connectivity index (χ0n) is 10.7. The molecule has 0 bridgehead atoms. The lowest BCUT2D eigenvalue weighted by molar-refractivity contribution is -0.185. The van der Waals surface area contributed by atoms with Crippen LogP contribution < -0.4 is 10.6 Å². The first-order valence-corrected chi connectivity index (χ1v) is 5.46. The molecular formula is C12H13F3N2O3. The summed E-state index contributed by atoms with van der Waals surface area (Å²) in [7, 11) is 1.04. The van der Waals surface area contributed by atoms with Crippen LogP contribution in [-0.2, 0) is 4.79 Å². The van der Waals surface area contributed by atoms with Crippen molar-refractivity contribution >= 4 is 17.6 Å². The van der Waals surface area contributed by atoms with E-state index in [1.54, 1.807) is 0 Å². The number of carboxylic acid groups (broad SMARTS) is 1. The van der Waals surface area contributed by atoms with Gasteiger partial charge < -0.3 is 15.7 Å². The van der Waals surface area contributed by atoms with Crippen molar-refractivity contribution in [2.24, 2.45) is 5.73 Å². The van der Waals surface area contributed by atoms with Crippen molar-refractivity contribution in [1.82, 2.24) is 0 Å². The fourth-order valence-corrected chi connectivity index (χ4v) is 1.53. The van der Waals surface area contributed by atoms with Gasteiger partial charge in [0.25, 0.3) is 5.91 Å². The van der Waals surface area contributed by atoms with E-state index in [1.165, 1.54) is 24.3 Å². The van der Waals surface area contributed by atoms with Crippen LogP contribution in [0.2, 0.25) is 0 Å². The number of aromatic carboxylic acids is 1. The van der Waals surface area contributed by atoms with Crippen LogP contribution in [0.1, 0.15) is 17.3 Å². The maximum Gasteiger partial charge on any atom is 0.415 e. The number of benzene rings is 1. The molecule has 0 spiro atoms. The number of halogens is 3. The van der Waals surface area contributed by atoms with Gasteiger partial charge in [-0.1, -0.05) is 12.1 Å². The monoisotopic (exact) mass is 290 g/mol. The Morgan fingerprint density at radius 2 is 1.75 bits per heavy atom. The Morgan fingerprint density at radius 1 is 1.25 bits per heavy atom. The van der Waals surface area contributed by atoms with Crippen molar-refractivity contribution in [2.75, 3.05) is 11.9 Å². The molecule has 1 aromatic carbocycles. The van der Waals surface area contributed by atoms with E-state index in [9.17, 15) is 22.8 Å². The molecule has 0 aliphatic heterocycles. The average Bonchev–Trinajstić information content (AvgIpc) is 2.35. The summed E-state index contributed by atoms with van der Waals surface area (Å²) in [6.45, 7) is 0.537. The molecule has 0 aliphatic rings. The third kappa shape index (κ3) is 2.74. The molecule has 0 aromatic heterocycles. The fourth-order valence-electron chi connectivity index (χ4n) is 1.53. The molecule has 0 heterocycles. The zero-order chi connectivity index (χ0) is 15.7. The summed E-state index contributed by atoms with van der Waals surface area (Å²) >= 11 is 0. The number of para-hydroxylation sites is 1. The van der Waals surface area contributed by atoms with Gasteiger partial charge in [-0.2, -0.15) is 13.2 Å². The predicted octanol–water partition coefficient (Wildman–Crippen LogP) is 1.63. The van der Waals surface area contributed by atoms with Crippen LogP contribution in [-0.4, -0.2) is 35.7 Å². The molecule has 1 unspecified atom stereocenters. The molecule has 0 saturated carbocycles. The van der Waals surface area contributed by atoms with Crippen molar-refractivity contribution < 1.29 is 27.9 Å². The van der Waals surface area contributed by atoms with Crippen molar-refractivity contribution in [3.63, 3.8) is 0 Å². The van der Waals surface area contributed by atoms with Crippen LogP contribution in [0, 0.1) is 0 Å². The van der Waals surface area contributed by atoms with Gasteiger partial charge in [0.2, 0.25) is 0 Å². The minimum Gasteiger partial charge on any atom is -0.478 e. The molecule has 1 rings (SSSR count). The summed E-state index contributed by atoms with van der Waals surface area (Å²) in [5.74, 6) is -2.80. The second kappa shape index (κ2) is 5.12. The number of nitrogens with zero attached hydrogens (tertiary/aromatic N) is 1. The molecule has 110 valence electrons. The summed E-state index contributed by atoms with van der Waals surface area (Å²) in [5, 5.41) is 8.97. The maximum atomic E-state index is 12.7. The highest BCUT2D eigenvalue weighted by Gasteiger charge is 2.55. The molecule has 1 amide bonds. The molecular weight excluding hydrogens is 277 g/mol. The number of amides is 1. The number of carbonyl (C=O) groups is 2. The summed E-state index contributed by atoms with van der Waals surface area (Å²) in [4.78, 5) is 23.5. The smallest absolute Gasteiger partial charge is 0.415 e.